The van der Waals surface area contributed by atoms with E-state index in [-0.39, 0.29) is 28.5 Å². The molecule has 0 fully saturated rings. The van der Waals surface area contributed by atoms with Gasteiger partial charge >= 0.3 is 5.97 Å². The fourth-order valence-electron chi connectivity index (χ4n) is 2.86. The average Bonchev–Trinajstić information content (AvgIpc) is 2.74. The molecule has 1 unspecified atom stereocenters. The molecule has 3 rings (SSSR count). The fraction of sp³-hybridized carbons (Fsp3) is 0.190. The summed E-state index contributed by atoms with van der Waals surface area (Å²) in [6.07, 6.45) is 1.35. The zero-order chi connectivity index (χ0) is 21.9. The molecule has 1 atom stereocenters. The van der Waals surface area contributed by atoms with Crippen LogP contribution < -0.4 is 10.9 Å². The molecule has 0 aliphatic rings. The number of para-hydroxylation sites is 1. The summed E-state index contributed by atoms with van der Waals surface area (Å²) < 4.78 is 5.78. The monoisotopic (exact) mass is 447 g/mol. The lowest BCUT2D eigenvalue weighted by atomic mass is 9.96. The van der Waals surface area contributed by atoms with E-state index >= 15 is 0 Å². The number of carbonyl (C=O) groups excluding carboxylic acids is 1. The quantitative estimate of drug-likeness (QED) is 0.560. The van der Waals surface area contributed by atoms with Crippen LogP contribution in [0.15, 0.2) is 59.5 Å². The molecule has 0 aliphatic carbocycles. The van der Waals surface area contributed by atoms with Crippen molar-refractivity contribution in [3.05, 3.63) is 86.3 Å². The zero-order valence-electron chi connectivity index (χ0n) is 16.2. The van der Waals surface area contributed by atoms with Gasteiger partial charge < -0.3 is 15.2 Å². The van der Waals surface area contributed by atoms with Crippen LogP contribution in [-0.2, 0) is 10.3 Å². The average molecular weight is 448 g/mol. The number of carbonyl (C=O) groups is 1. The van der Waals surface area contributed by atoms with Gasteiger partial charge in [0, 0.05) is 11.6 Å². The fourth-order valence-corrected chi connectivity index (χ4v) is 3.25. The standard InChI is InChI=1S/C21H19Cl2N3O4/c1-21(29,13-6-5-7-14(22)10-13)12-24-16-11-25-26(19(27)18(16)23)17-9-4-3-8-15(17)20(28)30-2/h3-11,24,29H,12H2,1-2H3. The predicted octanol–water partition coefficient (Wildman–Crippen LogP) is 3.65. The Bertz CT molecular complexity index is 1150. The van der Waals surface area contributed by atoms with Crippen molar-refractivity contribution >= 4 is 34.9 Å². The van der Waals surface area contributed by atoms with E-state index in [1.165, 1.54) is 19.4 Å². The second-order valence-corrected chi connectivity index (χ2v) is 7.55. The number of halogens is 2. The Morgan fingerprint density at radius 1 is 1.23 bits per heavy atom. The smallest absolute Gasteiger partial charge is 0.340 e. The number of esters is 1. The lowest BCUT2D eigenvalue weighted by Crippen LogP contribution is -2.32. The van der Waals surface area contributed by atoms with E-state index in [0.717, 1.165) is 4.68 Å². The van der Waals surface area contributed by atoms with Crippen LogP contribution in [0.1, 0.15) is 22.8 Å². The Balaban J connectivity index is 1.90. The number of nitrogens with one attached hydrogen (secondary N) is 1. The van der Waals surface area contributed by atoms with Crippen LogP contribution in [0.4, 0.5) is 5.69 Å². The molecular weight excluding hydrogens is 429 g/mol. The maximum absolute atomic E-state index is 12.8. The van der Waals surface area contributed by atoms with Crippen molar-refractivity contribution in [3.63, 3.8) is 0 Å². The van der Waals surface area contributed by atoms with Crippen molar-refractivity contribution in [2.45, 2.75) is 12.5 Å². The number of aliphatic hydroxyl groups is 1. The molecule has 0 spiro atoms. The van der Waals surface area contributed by atoms with Crippen molar-refractivity contribution in [3.8, 4) is 5.69 Å². The molecule has 9 heteroatoms. The third kappa shape index (κ3) is 4.48. The molecule has 156 valence electrons. The molecule has 0 saturated carbocycles. The number of hydrogen-bond acceptors (Lipinski definition) is 6. The van der Waals surface area contributed by atoms with E-state index in [9.17, 15) is 14.7 Å². The summed E-state index contributed by atoms with van der Waals surface area (Å²) in [6.45, 7) is 1.66. The van der Waals surface area contributed by atoms with Gasteiger partial charge in [-0.15, -0.1) is 0 Å². The highest BCUT2D eigenvalue weighted by Crippen LogP contribution is 2.25. The number of anilines is 1. The SMILES string of the molecule is COC(=O)c1ccccc1-n1ncc(NCC(C)(O)c2cccc(Cl)c2)c(Cl)c1=O. The first-order valence-corrected chi connectivity index (χ1v) is 9.68. The Hall–Kier alpha value is -2.87. The maximum atomic E-state index is 12.8. The largest absolute Gasteiger partial charge is 0.465 e. The summed E-state index contributed by atoms with van der Waals surface area (Å²) in [5.74, 6) is -0.602. The molecule has 2 aromatic carbocycles. The van der Waals surface area contributed by atoms with Crippen LogP contribution in [0.25, 0.3) is 5.69 Å². The van der Waals surface area contributed by atoms with Crippen LogP contribution >= 0.6 is 23.2 Å². The van der Waals surface area contributed by atoms with Gasteiger partial charge in [-0.3, -0.25) is 4.79 Å². The minimum atomic E-state index is -1.28. The van der Waals surface area contributed by atoms with E-state index in [1.54, 1.807) is 49.4 Å². The molecule has 0 bridgehead atoms. The normalized spacial score (nSPS) is 12.8. The number of aromatic nitrogens is 2. The lowest BCUT2D eigenvalue weighted by molar-refractivity contribution is 0.0600. The third-order valence-electron chi connectivity index (χ3n) is 4.53. The molecule has 0 saturated heterocycles. The van der Waals surface area contributed by atoms with Crippen LogP contribution in [0.2, 0.25) is 10.0 Å². The van der Waals surface area contributed by atoms with Crippen LogP contribution in [-0.4, -0.2) is 34.5 Å². The predicted molar refractivity (Wildman–Crippen MR) is 116 cm³/mol. The van der Waals surface area contributed by atoms with E-state index in [1.807, 2.05) is 0 Å². The minimum Gasteiger partial charge on any atom is -0.465 e. The molecule has 0 amide bonds. The van der Waals surface area contributed by atoms with Gasteiger partial charge in [-0.25, -0.2) is 4.79 Å². The summed E-state index contributed by atoms with van der Waals surface area (Å²) >= 11 is 12.3. The summed E-state index contributed by atoms with van der Waals surface area (Å²) in [5, 5.41) is 18.2. The van der Waals surface area contributed by atoms with Crippen molar-refractivity contribution in [1.29, 1.82) is 0 Å². The summed E-state index contributed by atoms with van der Waals surface area (Å²) in [7, 11) is 1.25. The Morgan fingerprint density at radius 2 is 1.97 bits per heavy atom. The van der Waals surface area contributed by atoms with Crippen LogP contribution in [0.5, 0.6) is 0 Å². The molecule has 3 aromatic rings. The van der Waals surface area contributed by atoms with Gasteiger partial charge in [0.25, 0.3) is 5.56 Å². The third-order valence-corrected chi connectivity index (χ3v) is 5.13. The first kappa shape index (κ1) is 21.8. The van der Waals surface area contributed by atoms with Crippen molar-refractivity contribution in [2.75, 3.05) is 19.0 Å². The highest BCUT2D eigenvalue weighted by Gasteiger charge is 2.24. The van der Waals surface area contributed by atoms with E-state index < -0.39 is 17.1 Å². The van der Waals surface area contributed by atoms with Crippen molar-refractivity contribution in [1.82, 2.24) is 9.78 Å². The van der Waals surface area contributed by atoms with Gasteiger partial charge in [0.2, 0.25) is 0 Å². The van der Waals surface area contributed by atoms with Gasteiger partial charge in [0.05, 0.1) is 30.2 Å². The summed E-state index contributed by atoms with van der Waals surface area (Å²) in [4.78, 5) is 24.8. The number of hydrogen-bond donors (Lipinski definition) is 2. The van der Waals surface area contributed by atoms with Gasteiger partial charge in [-0.05, 0) is 36.8 Å². The minimum absolute atomic E-state index is 0.0525. The number of benzene rings is 2. The molecule has 7 nitrogen and oxygen atoms in total. The molecule has 2 N–H and O–H groups in total. The molecule has 0 radical (unpaired) electrons. The van der Waals surface area contributed by atoms with Crippen LogP contribution in [0, 0.1) is 0 Å². The zero-order valence-corrected chi connectivity index (χ0v) is 17.7. The lowest BCUT2D eigenvalue weighted by Gasteiger charge is -2.25. The first-order valence-electron chi connectivity index (χ1n) is 8.92. The maximum Gasteiger partial charge on any atom is 0.340 e. The Labute approximate surface area is 182 Å². The summed E-state index contributed by atoms with van der Waals surface area (Å²) in [6, 6.07) is 13.3. The van der Waals surface area contributed by atoms with Crippen molar-refractivity contribution < 1.29 is 14.6 Å². The number of rotatable bonds is 6. The van der Waals surface area contributed by atoms with Crippen molar-refractivity contribution in [2.24, 2.45) is 0 Å². The second-order valence-electron chi connectivity index (χ2n) is 6.74. The highest BCUT2D eigenvalue weighted by atomic mass is 35.5. The van der Waals surface area contributed by atoms with Crippen LogP contribution in [0.3, 0.4) is 0 Å². The molecule has 0 aliphatic heterocycles. The van der Waals surface area contributed by atoms with E-state index in [0.29, 0.717) is 10.6 Å². The van der Waals surface area contributed by atoms with E-state index in [4.69, 9.17) is 27.9 Å². The van der Waals surface area contributed by atoms with Gasteiger partial charge in [-0.2, -0.15) is 9.78 Å². The molecule has 1 aromatic heterocycles. The molecular formula is C21H19Cl2N3O4. The topological polar surface area (TPSA) is 93.5 Å². The highest BCUT2D eigenvalue weighted by molar-refractivity contribution is 6.33. The molecule has 30 heavy (non-hydrogen) atoms. The van der Waals surface area contributed by atoms with E-state index in [2.05, 4.69) is 10.4 Å². The Kier molecular flexibility index (Phi) is 6.45. The Morgan fingerprint density at radius 3 is 2.67 bits per heavy atom. The molecule has 1 heterocycles. The number of ether oxygens (including phenoxy) is 1. The first-order chi connectivity index (χ1) is 14.2. The summed E-state index contributed by atoms with van der Waals surface area (Å²) in [5.41, 5.74) is -0.632. The number of nitrogens with zero attached hydrogens (tertiary/aromatic N) is 2. The second kappa shape index (κ2) is 8.87. The van der Waals surface area contributed by atoms with Gasteiger partial charge in [-0.1, -0.05) is 47.5 Å². The van der Waals surface area contributed by atoms with Gasteiger partial charge in [0.15, 0.2) is 0 Å². The van der Waals surface area contributed by atoms with Gasteiger partial charge in [0.1, 0.15) is 10.6 Å². The number of methoxy groups -OCH3 is 1.